The van der Waals surface area contributed by atoms with Crippen LogP contribution in [0.2, 0.25) is 0 Å². The number of hydrogen-bond donors (Lipinski definition) is 3. The Morgan fingerprint density at radius 3 is 1.56 bits per heavy atom. The van der Waals surface area contributed by atoms with Crippen LogP contribution in [0.4, 0.5) is 0 Å². The molecule has 11 nitrogen and oxygen atoms in total. The van der Waals surface area contributed by atoms with Crippen molar-refractivity contribution in [3.05, 3.63) is 36.5 Å². The highest BCUT2D eigenvalue weighted by atomic mass is 31.2. The molecular formula is C40H72NO10P. The van der Waals surface area contributed by atoms with E-state index in [0.29, 0.717) is 12.8 Å². The zero-order valence-electron chi connectivity index (χ0n) is 32.4. The van der Waals surface area contributed by atoms with Crippen LogP contribution in [-0.4, -0.2) is 59.9 Å². The van der Waals surface area contributed by atoms with E-state index >= 15 is 0 Å². The average Bonchev–Trinajstić information content (AvgIpc) is 3.12. The number of rotatable bonds is 37. The minimum atomic E-state index is -4.72. The number of esters is 2. The number of carbonyl (C=O) groups excluding carboxylic acids is 2. The molecule has 1 unspecified atom stereocenters. The molecule has 0 fully saturated rings. The summed E-state index contributed by atoms with van der Waals surface area (Å²) in [6.07, 6.45) is 36.4. The summed E-state index contributed by atoms with van der Waals surface area (Å²) in [6.45, 7) is 2.72. The lowest BCUT2D eigenvalue weighted by atomic mass is 10.1. The predicted molar refractivity (Wildman–Crippen MR) is 208 cm³/mol. The summed E-state index contributed by atoms with van der Waals surface area (Å²) in [5.74, 6) is -2.42. The van der Waals surface area contributed by atoms with Gasteiger partial charge in [0, 0.05) is 12.8 Å². The number of aliphatic carboxylic acids is 1. The van der Waals surface area contributed by atoms with Gasteiger partial charge in [-0.05, 0) is 64.2 Å². The van der Waals surface area contributed by atoms with Crippen molar-refractivity contribution in [2.75, 3.05) is 19.8 Å². The Bertz CT molecular complexity index is 1030. The van der Waals surface area contributed by atoms with Gasteiger partial charge in [0.15, 0.2) is 6.10 Å². The van der Waals surface area contributed by atoms with Crippen molar-refractivity contribution < 1.29 is 47.5 Å². The first-order chi connectivity index (χ1) is 25.1. The maximum absolute atomic E-state index is 12.6. The monoisotopic (exact) mass is 757 g/mol. The van der Waals surface area contributed by atoms with E-state index in [4.69, 9.17) is 24.8 Å². The molecule has 0 rings (SSSR count). The van der Waals surface area contributed by atoms with Gasteiger partial charge in [0.2, 0.25) is 0 Å². The molecule has 0 bridgehead atoms. The van der Waals surface area contributed by atoms with Crippen molar-refractivity contribution in [2.45, 2.75) is 180 Å². The lowest BCUT2D eigenvalue weighted by molar-refractivity contribution is -0.161. The van der Waals surface area contributed by atoms with Crippen molar-refractivity contribution in [3.63, 3.8) is 0 Å². The topological polar surface area (TPSA) is 172 Å². The van der Waals surface area contributed by atoms with Gasteiger partial charge >= 0.3 is 25.7 Å². The molecule has 302 valence electrons. The van der Waals surface area contributed by atoms with Crippen LogP contribution in [0.15, 0.2) is 36.5 Å². The second-order valence-electron chi connectivity index (χ2n) is 13.4. The molecule has 0 saturated heterocycles. The van der Waals surface area contributed by atoms with Gasteiger partial charge in [-0.3, -0.25) is 23.4 Å². The van der Waals surface area contributed by atoms with Crippen LogP contribution < -0.4 is 5.73 Å². The predicted octanol–water partition coefficient (Wildman–Crippen LogP) is 10.1. The minimum absolute atomic E-state index is 0.140. The van der Waals surface area contributed by atoms with Crippen LogP contribution in [0.5, 0.6) is 0 Å². The van der Waals surface area contributed by atoms with Crippen molar-refractivity contribution in [3.8, 4) is 0 Å². The molecule has 3 atom stereocenters. The lowest BCUT2D eigenvalue weighted by Crippen LogP contribution is -2.34. The number of unbranched alkanes of at least 4 members (excludes halogenated alkanes) is 18. The first-order valence-corrected chi connectivity index (χ1v) is 21.5. The average molecular weight is 758 g/mol. The Labute approximate surface area is 314 Å². The fourth-order valence-corrected chi connectivity index (χ4v) is 5.94. The second kappa shape index (κ2) is 35.7. The van der Waals surface area contributed by atoms with E-state index in [1.54, 1.807) is 0 Å². The molecule has 4 N–H and O–H groups in total. The molecule has 0 heterocycles. The zero-order valence-corrected chi connectivity index (χ0v) is 33.3. The van der Waals surface area contributed by atoms with Crippen LogP contribution in [0, 0.1) is 0 Å². The Morgan fingerprint density at radius 2 is 1.02 bits per heavy atom. The molecule has 0 amide bonds. The summed E-state index contributed by atoms with van der Waals surface area (Å²) in [6, 6.07) is -1.52. The van der Waals surface area contributed by atoms with E-state index in [-0.39, 0.29) is 19.4 Å². The molecule has 0 spiro atoms. The summed E-state index contributed by atoms with van der Waals surface area (Å²) in [7, 11) is -4.72. The van der Waals surface area contributed by atoms with Gasteiger partial charge in [-0.15, -0.1) is 0 Å². The van der Waals surface area contributed by atoms with Crippen LogP contribution >= 0.6 is 7.82 Å². The number of phosphoric acid groups is 1. The molecule has 0 aromatic rings. The number of carboxylic acids is 1. The second-order valence-corrected chi connectivity index (χ2v) is 14.9. The molecule has 0 aromatic carbocycles. The summed E-state index contributed by atoms with van der Waals surface area (Å²) in [5, 5.41) is 8.86. The van der Waals surface area contributed by atoms with Gasteiger partial charge in [-0.2, -0.15) is 0 Å². The van der Waals surface area contributed by atoms with E-state index in [1.807, 2.05) is 0 Å². The summed E-state index contributed by atoms with van der Waals surface area (Å²) < 4.78 is 32.6. The number of carboxylic acid groups (broad SMARTS) is 1. The van der Waals surface area contributed by atoms with Crippen LogP contribution in [0.1, 0.15) is 168 Å². The molecule has 0 saturated carbocycles. The Balaban J connectivity index is 4.48. The van der Waals surface area contributed by atoms with Crippen LogP contribution in [0.25, 0.3) is 0 Å². The fourth-order valence-electron chi connectivity index (χ4n) is 5.17. The third kappa shape index (κ3) is 34.8. The Kier molecular flexibility index (Phi) is 34.1. The minimum Gasteiger partial charge on any atom is -0.480 e. The smallest absolute Gasteiger partial charge is 0.472 e. The van der Waals surface area contributed by atoms with Gasteiger partial charge in [-0.1, -0.05) is 127 Å². The van der Waals surface area contributed by atoms with Crippen molar-refractivity contribution in [1.29, 1.82) is 0 Å². The number of ether oxygens (including phenoxy) is 2. The lowest BCUT2D eigenvalue weighted by Gasteiger charge is -2.20. The normalized spacial score (nSPS) is 14.2. The number of nitrogens with two attached hydrogens (primary N) is 1. The van der Waals surface area contributed by atoms with Crippen molar-refractivity contribution in [1.82, 2.24) is 0 Å². The molecule has 0 aliphatic heterocycles. The molecule has 0 aromatic heterocycles. The van der Waals surface area contributed by atoms with Crippen molar-refractivity contribution in [2.24, 2.45) is 5.73 Å². The number of carbonyl (C=O) groups is 3. The van der Waals surface area contributed by atoms with E-state index in [9.17, 15) is 23.8 Å². The van der Waals surface area contributed by atoms with Gasteiger partial charge in [0.25, 0.3) is 0 Å². The fraction of sp³-hybridized carbons (Fsp3) is 0.775. The Morgan fingerprint density at radius 1 is 0.596 bits per heavy atom. The molecular weight excluding hydrogens is 685 g/mol. The maximum atomic E-state index is 12.6. The highest BCUT2D eigenvalue weighted by molar-refractivity contribution is 7.47. The number of hydrogen-bond acceptors (Lipinski definition) is 9. The van der Waals surface area contributed by atoms with Gasteiger partial charge < -0.3 is 25.2 Å². The molecule has 0 radical (unpaired) electrons. The highest BCUT2D eigenvalue weighted by Gasteiger charge is 2.28. The summed E-state index contributed by atoms with van der Waals surface area (Å²) in [4.78, 5) is 45.8. The van der Waals surface area contributed by atoms with Crippen molar-refractivity contribution >= 4 is 25.7 Å². The van der Waals surface area contributed by atoms with Gasteiger partial charge in [-0.25, -0.2) is 4.57 Å². The van der Waals surface area contributed by atoms with Crippen LogP contribution in [0.3, 0.4) is 0 Å². The van der Waals surface area contributed by atoms with E-state index in [1.165, 1.54) is 64.2 Å². The molecule has 52 heavy (non-hydrogen) atoms. The first-order valence-electron chi connectivity index (χ1n) is 20.0. The zero-order chi connectivity index (χ0) is 38.5. The maximum Gasteiger partial charge on any atom is 0.472 e. The number of allylic oxidation sites excluding steroid dienone is 6. The van der Waals surface area contributed by atoms with E-state index < -0.39 is 51.1 Å². The molecule has 0 aliphatic rings. The summed E-state index contributed by atoms with van der Waals surface area (Å²) in [5.41, 5.74) is 5.32. The van der Waals surface area contributed by atoms with Gasteiger partial charge in [0.05, 0.1) is 13.2 Å². The Hall–Kier alpha value is -2.30. The number of phosphoric ester groups is 1. The van der Waals surface area contributed by atoms with Gasteiger partial charge in [0.1, 0.15) is 12.6 Å². The first kappa shape index (κ1) is 49.7. The standard InChI is InChI=1S/C40H72NO10P/c1-3-5-7-9-11-13-15-17-18-20-22-24-26-28-30-32-39(43)51-36(34-49-52(46,47)50-35-37(41)40(44)45)33-48-38(42)31-29-27-25-23-21-19-16-14-12-10-8-6-4-2/h13,15,17-19,21,36-37H,3-12,14,16,20,22-35,41H2,1-2H3,(H,44,45)(H,46,47)/b15-13+,18-17+,21-19+/t36-,37+/m1/s1. The quantitative estimate of drug-likeness (QED) is 0.0181. The summed E-state index contributed by atoms with van der Waals surface area (Å²) >= 11 is 0. The molecule has 0 aliphatic carbocycles. The van der Waals surface area contributed by atoms with Crippen LogP contribution in [-0.2, 0) is 37.5 Å². The third-order valence-electron chi connectivity index (χ3n) is 8.39. The highest BCUT2D eigenvalue weighted by Crippen LogP contribution is 2.43. The van der Waals surface area contributed by atoms with E-state index in [0.717, 1.165) is 64.2 Å². The largest absolute Gasteiger partial charge is 0.480 e. The van der Waals surface area contributed by atoms with E-state index in [2.05, 4.69) is 54.8 Å². The molecule has 12 heteroatoms. The SMILES string of the molecule is CCCCCC/C=C/C=C/CCCCCCCC(=O)O[C@H](COC(=O)CCCCC/C=C/CCCCCCCC)COP(=O)(O)OC[C@H](N)C(=O)O. The third-order valence-corrected chi connectivity index (χ3v) is 9.34.